The van der Waals surface area contributed by atoms with Crippen molar-refractivity contribution in [2.75, 3.05) is 37.2 Å². The first-order chi connectivity index (χ1) is 15.5. The molecule has 2 N–H and O–H groups in total. The third kappa shape index (κ3) is 4.32. The van der Waals surface area contributed by atoms with Crippen LogP contribution in [0.3, 0.4) is 0 Å². The summed E-state index contributed by atoms with van der Waals surface area (Å²) in [6, 6.07) is 18.3. The molecule has 1 fully saturated rings. The number of sulfonamides is 1. The Morgan fingerprint density at radius 1 is 0.969 bits per heavy atom. The van der Waals surface area contributed by atoms with Crippen molar-refractivity contribution in [2.24, 2.45) is 0 Å². The second-order valence-corrected chi connectivity index (χ2v) is 10.1. The Balaban J connectivity index is 1.67. The van der Waals surface area contributed by atoms with Crippen molar-refractivity contribution >= 4 is 27.9 Å². The molecule has 3 aromatic rings. The van der Waals surface area contributed by atoms with Gasteiger partial charge in [0.25, 0.3) is 0 Å². The van der Waals surface area contributed by atoms with Gasteiger partial charge in [-0.15, -0.1) is 0 Å². The molecule has 1 aliphatic carbocycles. The van der Waals surface area contributed by atoms with Crippen LogP contribution < -0.4 is 10.0 Å². The van der Waals surface area contributed by atoms with Gasteiger partial charge in [-0.2, -0.15) is 0 Å². The first-order valence-corrected chi connectivity index (χ1v) is 12.7. The molecule has 1 unspecified atom stereocenters. The zero-order valence-electron chi connectivity index (χ0n) is 18.0. The van der Waals surface area contributed by atoms with Gasteiger partial charge in [-0.1, -0.05) is 42.5 Å². The fourth-order valence-electron chi connectivity index (χ4n) is 4.55. The monoisotopic (exact) mass is 446 g/mol. The van der Waals surface area contributed by atoms with Gasteiger partial charge < -0.3 is 5.32 Å². The Kier molecular flexibility index (Phi) is 5.55. The Labute approximate surface area is 189 Å². The normalized spacial score (nSPS) is 18.5. The van der Waals surface area contributed by atoms with Crippen LogP contribution in [0.5, 0.6) is 0 Å². The first-order valence-electron chi connectivity index (χ1n) is 10.8. The van der Waals surface area contributed by atoms with Gasteiger partial charge in [0.2, 0.25) is 10.0 Å². The topological polar surface area (TPSA) is 74.3 Å². The zero-order valence-corrected chi connectivity index (χ0v) is 18.8. The van der Waals surface area contributed by atoms with E-state index in [1.165, 1.54) is 6.26 Å². The minimum Gasteiger partial charge on any atom is -0.314 e. The van der Waals surface area contributed by atoms with Crippen molar-refractivity contribution in [2.45, 2.75) is 6.04 Å². The molecule has 32 heavy (non-hydrogen) atoms. The Hall–Kier alpha value is -3.00. The summed E-state index contributed by atoms with van der Waals surface area (Å²) in [5, 5.41) is 3.43. The summed E-state index contributed by atoms with van der Waals surface area (Å²) in [4.78, 5) is 7.29. The maximum Gasteiger partial charge on any atom is 0.229 e. The number of pyridine rings is 1. The molecule has 0 bridgehead atoms. The molecule has 1 aliphatic heterocycles. The van der Waals surface area contributed by atoms with Crippen LogP contribution >= 0.6 is 0 Å². The Bertz CT molecular complexity index is 1270. The number of aromatic nitrogens is 1. The Morgan fingerprint density at radius 2 is 1.75 bits per heavy atom. The molecule has 1 aromatic heterocycles. The van der Waals surface area contributed by atoms with Crippen molar-refractivity contribution in [1.29, 1.82) is 0 Å². The summed E-state index contributed by atoms with van der Waals surface area (Å²) in [5.74, 6) is 0. The molecule has 1 atom stereocenters. The molecule has 0 radical (unpaired) electrons. The average molecular weight is 447 g/mol. The van der Waals surface area contributed by atoms with Crippen molar-refractivity contribution in [3.8, 4) is 11.1 Å². The van der Waals surface area contributed by atoms with E-state index in [-0.39, 0.29) is 6.04 Å². The quantitative estimate of drug-likeness (QED) is 0.641. The van der Waals surface area contributed by atoms with Crippen molar-refractivity contribution in [1.82, 2.24) is 15.2 Å². The molecular weight excluding hydrogens is 420 g/mol. The van der Waals surface area contributed by atoms with E-state index < -0.39 is 10.0 Å². The lowest BCUT2D eigenvalue weighted by Gasteiger charge is -2.36. The molecule has 1 saturated heterocycles. The van der Waals surface area contributed by atoms with E-state index in [4.69, 9.17) is 4.98 Å². The molecule has 0 amide bonds. The number of piperazine rings is 1. The maximum atomic E-state index is 11.9. The van der Waals surface area contributed by atoms with Gasteiger partial charge in [-0.25, -0.2) is 8.42 Å². The summed E-state index contributed by atoms with van der Waals surface area (Å²) in [5.41, 5.74) is 7.03. The predicted octanol–water partition coefficient (Wildman–Crippen LogP) is 3.60. The average Bonchev–Trinajstić information content (AvgIpc) is 2.95. The van der Waals surface area contributed by atoms with E-state index in [0.29, 0.717) is 5.69 Å². The molecular formula is C25H26N4O2S. The number of anilines is 1. The van der Waals surface area contributed by atoms with E-state index in [1.54, 1.807) is 0 Å². The van der Waals surface area contributed by atoms with Crippen LogP contribution in [0.25, 0.3) is 23.3 Å². The van der Waals surface area contributed by atoms with Gasteiger partial charge in [-0.3, -0.25) is 14.6 Å². The standard InChI is InChI=1S/C25H26N4O2S/c1-32(30,31)28-21-9-7-19-8-10-24-23(15-20(17-27-24)18-5-3-2-4-6-18)25(22(19)16-21)29-13-11-26-12-14-29/h2-10,15-17,25-26,28H,11-14H2,1H3. The van der Waals surface area contributed by atoms with Gasteiger partial charge in [0.15, 0.2) is 0 Å². The fourth-order valence-corrected chi connectivity index (χ4v) is 5.11. The van der Waals surface area contributed by atoms with Crippen LogP contribution in [0.4, 0.5) is 5.69 Å². The number of hydrogen-bond donors (Lipinski definition) is 2. The zero-order chi connectivity index (χ0) is 22.1. The predicted molar refractivity (Wildman–Crippen MR) is 130 cm³/mol. The molecule has 164 valence electrons. The number of fused-ring (bicyclic) bond motifs is 2. The van der Waals surface area contributed by atoms with Crippen LogP contribution in [0.1, 0.15) is 28.4 Å². The summed E-state index contributed by atoms with van der Waals surface area (Å²) < 4.78 is 26.4. The molecule has 6 nitrogen and oxygen atoms in total. The second-order valence-electron chi connectivity index (χ2n) is 8.30. The largest absolute Gasteiger partial charge is 0.314 e. The highest BCUT2D eigenvalue weighted by molar-refractivity contribution is 7.92. The van der Waals surface area contributed by atoms with Crippen molar-refractivity contribution in [3.63, 3.8) is 0 Å². The highest BCUT2D eigenvalue weighted by Crippen LogP contribution is 2.39. The highest BCUT2D eigenvalue weighted by Gasteiger charge is 2.29. The van der Waals surface area contributed by atoms with Crippen molar-refractivity contribution in [3.05, 3.63) is 83.2 Å². The molecule has 5 rings (SSSR count). The minimum absolute atomic E-state index is 0.0189. The Morgan fingerprint density at radius 3 is 2.50 bits per heavy atom. The van der Waals surface area contributed by atoms with E-state index in [2.05, 4.69) is 45.3 Å². The number of nitrogens with one attached hydrogen (secondary N) is 2. The maximum absolute atomic E-state index is 11.9. The molecule has 2 heterocycles. The molecule has 2 aromatic carbocycles. The number of nitrogens with zero attached hydrogens (tertiary/aromatic N) is 2. The first kappa shape index (κ1) is 20.9. The van der Waals surface area contributed by atoms with Gasteiger partial charge in [0, 0.05) is 49.2 Å². The van der Waals surface area contributed by atoms with Gasteiger partial charge in [0.1, 0.15) is 0 Å². The van der Waals surface area contributed by atoms with E-state index in [1.807, 2.05) is 42.6 Å². The van der Waals surface area contributed by atoms with Gasteiger partial charge >= 0.3 is 0 Å². The third-order valence-corrected chi connectivity index (χ3v) is 6.58. The van der Waals surface area contributed by atoms with Crippen LogP contribution in [-0.2, 0) is 10.0 Å². The number of rotatable bonds is 4. The third-order valence-electron chi connectivity index (χ3n) is 5.97. The van der Waals surface area contributed by atoms with Gasteiger partial charge in [0.05, 0.1) is 18.0 Å². The summed E-state index contributed by atoms with van der Waals surface area (Å²) >= 11 is 0. The minimum atomic E-state index is -3.36. The SMILES string of the molecule is CS(=O)(=O)Nc1ccc2c(c1)C(N1CCNCC1)c1cc(-c3ccccc3)cnc1C=C2. The lowest BCUT2D eigenvalue weighted by molar-refractivity contribution is 0.198. The lowest BCUT2D eigenvalue weighted by Crippen LogP contribution is -2.45. The summed E-state index contributed by atoms with van der Waals surface area (Å²) in [6.45, 7) is 3.65. The smallest absolute Gasteiger partial charge is 0.229 e. The molecule has 0 saturated carbocycles. The van der Waals surface area contributed by atoms with Crippen LogP contribution in [0.15, 0.2) is 60.8 Å². The van der Waals surface area contributed by atoms with Crippen LogP contribution in [0, 0.1) is 0 Å². The lowest BCUT2D eigenvalue weighted by atomic mass is 9.91. The number of hydrogen-bond acceptors (Lipinski definition) is 5. The van der Waals surface area contributed by atoms with E-state index in [9.17, 15) is 8.42 Å². The van der Waals surface area contributed by atoms with Crippen LogP contribution in [-0.4, -0.2) is 50.7 Å². The molecule has 0 spiro atoms. The number of benzene rings is 2. The molecule has 7 heteroatoms. The second kappa shape index (κ2) is 8.50. The van der Waals surface area contributed by atoms with Gasteiger partial charge in [-0.05, 0) is 41.0 Å². The van der Waals surface area contributed by atoms with E-state index in [0.717, 1.165) is 59.7 Å². The summed E-state index contributed by atoms with van der Waals surface area (Å²) in [6.07, 6.45) is 7.25. The van der Waals surface area contributed by atoms with Crippen LogP contribution in [0.2, 0.25) is 0 Å². The summed E-state index contributed by atoms with van der Waals surface area (Å²) in [7, 11) is -3.36. The highest BCUT2D eigenvalue weighted by atomic mass is 32.2. The van der Waals surface area contributed by atoms with E-state index >= 15 is 0 Å². The fraction of sp³-hybridized carbons (Fsp3) is 0.240. The van der Waals surface area contributed by atoms with Crippen molar-refractivity contribution < 1.29 is 8.42 Å². The molecule has 2 aliphatic rings.